The van der Waals surface area contributed by atoms with Gasteiger partial charge in [-0.05, 0) is 48.4 Å². The normalized spacial score (nSPS) is 11.6. The number of rotatable bonds is 6. The molecule has 0 aliphatic heterocycles. The largest absolute Gasteiger partial charge is 0.326 e. The van der Waals surface area contributed by atoms with E-state index < -0.39 is 5.25 Å². The monoisotopic (exact) mass is 424 g/mol. The molecule has 0 saturated heterocycles. The molecule has 2 N–H and O–H groups in total. The lowest BCUT2D eigenvalue weighted by Gasteiger charge is -2.18. The van der Waals surface area contributed by atoms with Gasteiger partial charge in [-0.1, -0.05) is 54.1 Å². The minimum Gasteiger partial charge on any atom is -0.326 e. The first-order valence-electron chi connectivity index (χ1n) is 9.09. The van der Waals surface area contributed by atoms with Crippen LogP contribution in [0.15, 0.2) is 77.7 Å². The molecular weight excluding hydrogens is 404 g/mol. The van der Waals surface area contributed by atoms with Crippen LogP contribution in [0.4, 0.5) is 11.4 Å². The maximum absolute atomic E-state index is 13.2. The zero-order valence-corrected chi connectivity index (χ0v) is 17.7. The van der Waals surface area contributed by atoms with Gasteiger partial charge in [-0.3, -0.25) is 9.59 Å². The van der Waals surface area contributed by atoms with Gasteiger partial charge in [0, 0.05) is 28.2 Å². The van der Waals surface area contributed by atoms with Crippen LogP contribution < -0.4 is 10.6 Å². The summed E-state index contributed by atoms with van der Waals surface area (Å²) >= 11 is 7.62. The quantitative estimate of drug-likeness (QED) is 0.471. The Kier molecular flexibility index (Phi) is 6.96. The van der Waals surface area contributed by atoms with Crippen LogP contribution in [0, 0.1) is 6.92 Å². The van der Waals surface area contributed by atoms with Crippen molar-refractivity contribution in [1.82, 2.24) is 0 Å². The van der Waals surface area contributed by atoms with E-state index in [1.807, 2.05) is 73.7 Å². The fraction of sp³-hybridized carbons (Fsp3) is 0.130. The van der Waals surface area contributed by atoms with Gasteiger partial charge in [0.15, 0.2) is 0 Å². The standard InChI is InChI=1S/C23H21ClN2O2S/c1-15-20(24)12-7-13-21(15)26-23(28)22(17-8-4-3-5-9-17)29-19-11-6-10-18(14-19)25-16(2)27/h3-14,22H,1-2H3,(H,25,27)(H,26,28). The number of hydrogen-bond acceptors (Lipinski definition) is 3. The second-order valence-electron chi connectivity index (χ2n) is 6.52. The van der Waals surface area contributed by atoms with E-state index in [1.54, 1.807) is 6.07 Å². The zero-order valence-electron chi connectivity index (χ0n) is 16.1. The molecule has 2 amide bonds. The minimum atomic E-state index is -0.470. The Hall–Kier alpha value is -2.76. The van der Waals surface area contributed by atoms with Crippen molar-refractivity contribution in [2.24, 2.45) is 0 Å². The van der Waals surface area contributed by atoms with Gasteiger partial charge >= 0.3 is 0 Å². The molecule has 1 atom stereocenters. The summed E-state index contributed by atoms with van der Waals surface area (Å²) in [4.78, 5) is 25.4. The molecule has 0 saturated carbocycles. The highest BCUT2D eigenvalue weighted by Crippen LogP contribution is 2.37. The maximum atomic E-state index is 13.2. The first-order valence-corrected chi connectivity index (χ1v) is 10.3. The molecule has 0 bridgehead atoms. The predicted octanol–water partition coefficient (Wildman–Crippen LogP) is 6.08. The van der Waals surface area contributed by atoms with Crippen LogP contribution in [0.25, 0.3) is 0 Å². The first kappa shape index (κ1) is 21.0. The molecule has 0 aromatic heterocycles. The molecule has 6 heteroatoms. The number of thioether (sulfide) groups is 1. The highest BCUT2D eigenvalue weighted by atomic mass is 35.5. The van der Waals surface area contributed by atoms with Gasteiger partial charge < -0.3 is 10.6 Å². The summed E-state index contributed by atoms with van der Waals surface area (Å²) < 4.78 is 0. The number of hydrogen-bond donors (Lipinski definition) is 2. The van der Waals surface area contributed by atoms with Crippen molar-refractivity contribution in [2.75, 3.05) is 10.6 Å². The van der Waals surface area contributed by atoms with Crippen molar-refractivity contribution < 1.29 is 9.59 Å². The van der Waals surface area contributed by atoms with E-state index in [-0.39, 0.29) is 11.8 Å². The van der Waals surface area contributed by atoms with Gasteiger partial charge in [0.1, 0.15) is 5.25 Å². The van der Waals surface area contributed by atoms with Gasteiger partial charge in [0.25, 0.3) is 0 Å². The third-order valence-corrected chi connectivity index (χ3v) is 5.93. The summed E-state index contributed by atoms with van der Waals surface area (Å²) in [6.45, 7) is 3.34. The molecule has 3 aromatic rings. The molecule has 1 unspecified atom stereocenters. The SMILES string of the molecule is CC(=O)Nc1cccc(SC(C(=O)Nc2cccc(Cl)c2C)c2ccccc2)c1. The molecule has 3 rings (SSSR count). The topological polar surface area (TPSA) is 58.2 Å². The number of anilines is 2. The molecule has 0 radical (unpaired) electrons. The second kappa shape index (κ2) is 9.63. The highest BCUT2D eigenvalue weighted by Gasteiger charge is 2.23. The van der Waals surface area contributed by atoms with Crippen molar-refractivity contribution in [2.45, 2.75) is 24.0 Å². The number of nitrogens with one attached hydrogen (secondary N) is 2. The van der Waals surface area contributed by atoms with E-state index in [4.69, 9.17) is 11.6 Å². The summed E-state index contributed by atoms with van der Waals surface area (Å²) in [6.07, 6.45) is 0. The average Bonchev–Trinajstić information content (AvgIpc) is 2.70. The average molecular weight is 425 g/mol. The number of amides is 2. The lowest BCUT2D eigenvalue weighted by atomic mass is 10.1. The number of carbonyl (C=O) groups excluding carboxylic acids is 2. The maximum Gasteiger partial charge on any atom is 0.242 e. The van der Waals surface area contributed by atoms with Gasteiger partial charge in [-0.25, -0.2) is 0 Å². The fourth-order valence-electron chi connectivity index (χ4n) is 2.83. The summed E-state index contributed by atoms with van der Waals surface area (Å²) in [7, 11) is 0. The Morgan fingerprint density at radius 2 is 1.66 bits per heavy atom. The van der Waals surface area contributed by atoms with E-state index in [0.29, 0.717) is 16.4 Å². The second-order valence-corrected chi connectivity index (χ2v) is 8.10. The molecule has 29 heavy (non-hydrogen) atoms. The smallest absolute Gasteiger partial charge is 0.242 e. The molecule has 4 nitrogen and oxygen atoms in total. The van der Waals surface area contributed by atoms with Gasteiger partial charge in [0.05, 0.1) is 0 Å². The van der Waals surface area contributed by atoms with E-state index in [0.717, 1.165) is 16.0 Å². The molecule has 0 fully saturated rings. The third kappa shape index (κ3) is 5.62. The fourth-order valence-corrected chi connectivity index (χ4v) is 4.09. The van der Waals surface area contributed by atoms with Crippen molar-refractivity contribution >= 4 is 46.6 Å². The molecule has 0 aliphatic rings. The Morgan fingerprint density at radius 3 is 2.38 bits per heavy atom. The Morgan fingerprint density at radius 1 is 0.931 bits per heavy atom. The van der Waals surface area contributed by atoms with E-state index in [2.05, 4.69) is 10.6 Å². The first-order chi connectivity index (χ1) is 13.9. The van der Waals surface area contributed by atoms with Gasteiger partial charge in [-0.15, -0.1) is 11.8 Å². The van der Waals surface area contributed by atoms with Gasteiger partial charge in [0.2, 0.25) is 11.8 Å². The number of carbonyl (C=O) groups is 2. The lowest BCUT2D eigenvalue weighted by Crippen LogP contribution is -2.19. The van der Waals surface area contributed by atoms with Crippen molar-refractivity contribution in [3.63, 3.8) is 0 Å². The van der Waals surface area contributed by atoms with Crippen LogP contribution in [0.3, 0.4) is 0 Å². The van der Waals surface area contributed by atoms with Gasteiger partial charge in [-0.2, -0.15) is 0 Å². The Labute approximate surface area is 179 Å². The molecule has 3 aromatic carbocycles. The van der Waals surface area contributed by atoms with Crippen LogP contribution >= 0.6 is 23.4 Å². The van der Waals surface area contributed by atoms with Crippen LogP contribution in [-0.2, 0) is 9.59 Å². The van der Waals surface area contributed by atoms with Crippen LogP contribution in [0.2, 0.25) is 5.02 Å². The van der Waals surface area contributed by atoms with E-state index >= 15 is 0 Å². The van der Waals surface area contributed by atoms with Crippen molar-refractivity contribution in [1.29, 1.82) is 0 Å². The predicted molar refractivity (Wildman–Crippen MR) is 121 cm³/mol. The van der Waals surface area contributed by atoms with E-state index in [9.17, 15) is 9.59 Å². The highest BCUT2D eigenvalue weighted by molar-refractivity contribution is 8.00. The van der Waals surface area contributed by atoms with Crippen LogP contribution in [-0.4, -0.2) is 11.8 Å². The number of benzene rings is 3. The molecule has 0 aliphatic carbocycles. The van der Waals surface area contributed by atoms with Crippen LogP contribution in [0.5, 0.6) is 0 Å². The van der Waals surface area contributed by atoms with Crippen molar-refractivity contribution in [3.8, 4) is 0 Å². The summed E-state index contributed by atoms with van der Waals surface area (Å²) in [5.41, 5.74) is 3.10. The summed E-state index contributed by atoms with van der Waals surface area (Å²) in [6, 6.07) is 22.5. The van der Waals surface area contributed by atoms with Crippen molar-refractivity contribution in [3.05, 3.63) is 88.9 Å². The number of halogens is 1. The minimum absolute atomic E-state index is 0.138. The summed E-state index contributed by atoms with van der Waals surface area (Å²) in [5, 5.41) is 5.91. The Bertz CT molecular complexity index is 1020. The summed E-state index contributed by atoms with van der Waals surface area (Å²) in [5.74, 6) is -0.280. The van der Waals surface area contributed by atoms with E-state index in [1.165, 1.54) is 18.7 Å². The molecule has 0 heterocycles. The molecule has 148 valence electrons. The molecule has 0 spiro atoms. The van der Waals surface area contributed by atoms with Crippen LogP contribution in [0.1, 0.15) is 23.3 Å². The molecular formula is C23H21ClN2O2S. The lowest BCUT2D eigenvalue weighted by molar-refractivity contribution is -0.116. The Balaban J connectivity index is 1.88. The third-order valence-electron chi connectivity index (χ3n) is 4.27. The zero-order chi connectivity index (χ0) is 20.8.